The maximum atomic E-state index is 13.8. The van der Waals surface area contributed by atoms with Gasteiger partial charge in [-0.2, -0.15) is 13.2 Å². The molecule has 45 heavy (non-hydrogen) atoms. The first-order valence-electron chi connectivity index (χ1n) is 14.7. The third-order valence-electron chi connectivity index (χ3n) is 8.44. The second-order valence-electron chi connectivity index (χ2n) is 11.8. The minimum Gasteiger partial charge on any atom is -0.507 e. The Morgan fingerprint density at radius 2 is 1.84 bits per heavy atom. The van der Waals surface area contributed by atoms with Crippen LogP contribution in [0.4, 0.5) is 19.0 Å². The second kappa shape index (κ2) is 12.6. The van der Waals surface area contributed by atoms with Crippen molar-refractivity contribution in [2.75, 3.05) is 51.7 Å². The van der Waals surface area contributed by atoms with Crippen LogP contribution in [0.5, 0.6) is 5.75 Å². The van der Waals surface area contributed by atoms with Crippen LogP contribution in [0, 0.1) is 13.8 Å². The summed E-state index contributed by atoms with van der Waals surface area (Å²) in [5, 5.41) is 13.1. The molecule has 3 N–H and O–H groups in total. The number of aromatic nitrogens is 3. The number of alkyl halides is 3. The largest absolute Gasteiger partial charge is 0.507 e. The molecule has 10 nitrogen and oxygen atoms in total. The van der Waals surface area contributed by atoms with Gasteiger partial charge in [-0.15, -0.1) is 0 Å². The van der Waals surface area contributed by atoms with Gasteiger partial charge in [0, 0.05) is 81.2 Å². The van der Waals surface area contributed by atoms with Gasteiger partial charge in [-0.1, -0.05) is 0 Å². The molecule has 1 atom stereocenters. The van der Waals surface area contributed by atoms with Crippen molar-refractivity contribution in [3.8, 4) is 16.9 Å². The maximum Gasteiger partial charge on any atom is 0.401 e. The minimum absolute atomic E-state index is 0.0503. The van der Waals surface area contributed by atoms with Gasteiger partial charge in [0.15, 0.2) is 0 Å². The fourth-order valence-corrected chi connectivity index (χ4v) is 6.06. The second-order valence-corrected chi connectivity index (χ2v) is 11.8. The van der Waals surface area contributed by atoms with Crippen LogP contribution in [0.15, 0.2) is 47.5 Å². The average Bonchev–Trinajstić information content (AvgIpc) is 3.39. The van der Waals surface area contributed by atoms with Crippen molar-refractivity contribution < 1.29 is 23.1 Å². The number of hydrogen-bond acceptors (Lipinski definition) is 7. The number of aromatic hydroxyl groups is 1. The van der Waals surface area contributed by atoms with Crippen molar-refractivity contribution in [2.24, 2.45) is 0 Å². The molecule has 13 heteroatoms. The molecule has 4 aromatic rings. The number of halogens is 3. The molecule has 0 aromatic carbocycles. The monoisotopic (exact) mass is 625 g/mol. The van der Waals surface area contributed by atoms with E-state index in [9.17, 15) is 27.9 Å². The van der Waals surface area contributed by atoms with E-state index in [1.165, 1.54) is 11.0 Å². The normalized spacial score (nSPS) is 15.4. The summed E-state index contributed by atoms with van der Waals surface area (Å²) in [5.41, 5.74) is 4.56. The Hall–Kier alpha value is -4.36. The minimum atomic E-state index is -4.25. The van der Waals surface area contributed by atoms with Crippen molar-refractivity contribution >= 4 is 17.2 Å². The van der Waals surface area contributed by atoms with Gasteiger partial charge in [-0.05, 0) is 62.2 Å². The summed E-state index contributed by atoms with van der Waals surface area (Å²) in [5.74, 6) is 0.144. The molecule has 1 fully saturated rings. The molecule has 1 aliphatic rings. The topological polar surface area (TPSA) is 109 Å². The Morgan fingerprint density at radius 3 is 2.49 bits per heavy atom. The van der Waals surface area contributed by atoms with Gasteiger partial charge < -0.3 is 24.7 Å². The molecule has 1 aliphatic heterocycles. The number of amides is 1. The lowest BCUT2D eigenvalue weighted by molar-refractivity contribution is -0.149. The summed E-state index contributed by atoms with van der Waals surface area (Å²) >= 11 is 0. The van der Waals surface area contributed by atoms with Crippen molar-refractivity contribution in [1.82, 2.24) is 29.5 Å². The number of carbonyl (C=O) groups excluding carboxylic acids is 1. The van der Waals surface area contributed by atoms with E-state index in [4.69, 9.17) is 0 Å². The predicted molar refractivity (Wildman–Crippen MR) is 167 cm³/mol. The lowest BCUT2D eigenvalue weighted by atomic mass is 9.99. The molecule has 5 heterocycles. The summed E-state index contributed by atoms with van der Waals surface area (Å²) in [6.45, 7) is 5.83. The van der Waals surface area contributed by atoms with E-state index < -0.39 is 24.2 Å². The van der Waals surface area contributed by atoms with E-state index >= 15 is 0 Å². The maximum absolute atomic E-state index is 13.8. The van der Waals surface area contributed by atoms with Crippen LogP contribution in [-0.2, 0) is 6.54 Å². The van der Waals surface area contributed by atoms with Crippen LogP contribution in [0.1, 0.15) is 45.8 Å². The van der Waals surface area contributed by atoms with E-state index in [2.05, 4.69) is 20.2 Å². The van der Waals surface area contributed by atoms with Crippen LogP contribution in [0.3, 0.4) is 0 Å². The first-order chi connectivity index (χ1) is 21.2. The van der Waals surface area contributed by atoms with Crippen molar-refractivity contribution in [1.29, 1.82) is 0 Å². The third-order valence-corrected chi connectivity index (χ3v) is 8.44. The summed E-state index contributed by atoms with van der Waals surface area (Å²) < 4.78 is 41.1. The molecule has 5 rings (SSSR count). The number of nitrogens with zero attached hydrogens (tertiary/aromatic N) is 5. The Labute approximate surface area is 259 Å². The van der Waals surface area contributed by atoms with Crippen molar-refractivity contribution in [2.45, 2.75) is 39.5 Å². The van der Waals surface area contributed by atoms with Gasteiger partial charge in [-0.25, -0.2) is 4.98 Å². The number of H-pyrrole nitrogens is 1. The zero-order valence-corrected chi connectivity index (χ0v) is 26.0. The molecule has 1 unspecified atom stereocenters. The van der Waals surface area contributed by atoms with E-state index in [0.717, 1.165) is 28.2 Å². The summed E-state index contributed by atoms with van der Waals surface area (Å²) in [4.78, 5) is 38.7. The first kappa shape index (κ1) is 32.0. The van der Waals surface area contributed by atoms with E-state index in [1.807, 2.05) is 67.7 Å². The van der Waals surface area contributed by atoms with Crippen LogP contribution in [0.25, 0.3) is 16.6 Å². The number of aromatic amines is 1. The molecule has 0 spiro atoms. The highest BCUT2D eigenvalue weighted by molar-refractivity contribution is 5.98. The SMILES string of the molecule is Cc1cc(O)c(CNC(=O)c2cc3c(-c4ccnc(N(C)C)c4)ccn3c(C(C)N3CCN(CC(F)(F)F)CC3)c2C)c(=O)[nH]1. The lowest BCUT2D eigenvalue weighted by Gasteiger charge is -2.39. The van der Waals surface area contributed by atoms with Crippen molar-refractivity contribution in [3.63, 3.8) is 0 Å². The number of nitrogens with one attached hydrogen (secondary N) is 2. The number of carbonyl (C=O) groups is 1. The number of hydrogen-bond donors (Lipinski definition) is 3. The van der Waals surface area contributed by atoms with Crippen LogP contribution < -0.4 is 15.8 Å². The van der Waals surface area contributed by atoms with Crippen molar-refractivity contribution in [3.05, 3.63) is 81.2 Å². The highest BCUT2D eigenvalue weighted by Gasteiger charge is 2.34. The highest BCUT2D eigenvalue weighted by atomic mass is 19.4. The quantitative estimate of drug-likeness (QED) is 0.269. The standard InChI is InChI=1S/C32H38F3N7O3/c1-19-14-27(43)25(31(45)38-19)17-37-30(44)24-16-26-23(22-6-8-36-28(15-22)39(4)5)7-9-42(26)29(20(24)2)21(3)41-12-10-40(11-13-41)18-32(33,34)35/h6-9,14-16,21H,10-13,17-18H2,1-5H3,(H,37,44)(H2,38,43,45). The molecule has 240 valence electrons. The number of rotatable bonds is 8. The molecular weight excluding hydrogens is 587 g/mol. The summed E-state index contributed by atoms with van der Waals surface area (Å²) in [7, 11) is 3.81. The zero-order valence-electron chi connectivity index (χ0n) is 26.0. The Kier molecular flexibility index (Phi) is 8.95. The van der Waals surface area contributed by atoms with Gasteiger partial charge >= 0.3 is 6.18 Å². The molecular formula is C32H38F3N7O3. The van der Waals surface area contributed by atoms with Gasteiger partial charge in [0.1, 0.15) is 11.6 Å². The first-order valence-corrected chi connectivity index (χ1v) is 14.7. The molecule has 0 radical (unpaired) electrons. The molecule has 0 bridgehead atoms. The zero-order chi connectivity index (χ0) is 32.6. The van der Waals surface area contributed by atoms with Crippen LogP contribution in [-0.4, -0.2) is 88.2 Å². The fraction of sp³-hybridized carbons (Fsp3) is 0.406. The van der Waals surface area contributed by atoms with Gasteiger partial charge in [-0.3, -0.25) is 19.4 Å². The predicted octanol–water partition coefficient (Wildman–Crippen LogP) is 4.25. The molecule has 1 amide bonds. The number of anilines is 1. The highest BCUT2D eigenvalue weighted by Crippen LogP contribution is 2.35. The van der Waals surface area contributed by atoms with Gasteiger partial charge in [0.25, 0.3) is 11.5 Å². The molecule has 1 saturated heterocycles. The summed E-state index contributed by atoms with van der Waals surface area (Å²) in [6.07, 6.45) is -0.574. The summed E-state index contributed by atoms with van der Waals surface area (Å²) in [6, 6.07) is 8.85. The smallest absolute Gasteiger partial charge is 0.401 e. The molecule has 0 saturated carbocycles. The number of aryl methyl sites for hydroxylation is 1. The van der Waals surface area contributed by atoms with Gasteiger partial charge in [0.2, 0.25) is 0 Å². The number of piperazine rings is 1. The van der Waals surface area contributed by atoms with Gasteiger partial charge in [0.05, 0.1) is 24.2 Å². The molecule has 4 aromatic heterocycles. The number of pyridine rings is 3. The fourth-order valence-electron chi connectivity index (χ4n) is 6.06. The molecule has 0 aliphatic carbocycles. The third kappa shape index (κ3) is 6.84. The van der Waals surface area contributed by atoms with E-state index in [0.29, 0.717) is 29.9 Å². The Balaban J connectivity index is 1.54. The Bertz CT molecular complexity index is 1770. The number of fused-ring (bicyclic) bond motifs is 1. The van der Waals surface area contributed by atoms with Crippen LogP contribution >= 0.6 is 0 Å². The average molecular weight is 626 g/mol. The van der Waals surface area contributed by atoms with E-state index in [1.54, 1.807) is 13.1 Å². The van der Waals surface area contributed by atoms with Crippen LogP contribution in [0.2, 0.25) is 0 Å². The Morgan fingerprint density at radius 1 is 1.13 bits per heavy atom. The lowest BCUT2D eigenvalue weighted by Crippen LogP contribution is -2.49. The van der Waals surface area contributed by atoms with E-state index in [-0.39, 0.29) is 37.0 Å².